The van der Waals surface area contributed by atoms with Crippen LogP contribution in [0.25, 0.3) is 0 Å². The predicted octanol–water partition coefficient (Wildman–Crippen LogP) is 3.56. The van der Waals surface area contributed by atoms with Crippen LogP contribution in [0.2, 0.25) is 10.0 Å². The Morgan fingerprint density at radius 1 is 1.29 bits per heavy atom. The summed E-state index contributed by atoms with van der Waals surface area (Å²) in [6.07, 6.45) is 1.08. The lowest BCUT2D eigenvalue weighted by molar-refractivity contribution is -0.146. The van der Waals surface area contributed by atoms with E-state index in [1.165, 1.54) is 24.4 Å². The first-order valence-electron chi connectivity index (χ1n) is 6.88. The van der Waals surface area contributed by atoms with Crippen molar-refractivity contribution in [3.8, 4) is 0 Å². The van der Waals surface area contributed by atoms with Crippen molar-refractivity contribution < 1.29 is 18.7 Å². The third kappa shape index (κ3) is 4.66. The Balaban J connectivity index is 1.88. The molecule has 0 aliphatic carbocycles. The van der Waals surface area contributed by atoms with E-state index in [0.717, 1.165) is 0 Å². The van der Waals surface area contributed by atoms with Gasteiger partial charge in [0.2, 0.25) is 0 Å². The van der Waals surface area contributed by atoms with Crippen LogP contribution in [0.4, 0.5) is 10.2 Å². The maximum atomic E-state index is 13.4. The molecule has 2 rings (SSSR count). The summed E-state index contributed by atoms with van der Waals surface area (Å²) in [6, 6.07) is 5.83. The third-order valence-corrected chi connectivity index (χ3v) is 3.96. The van der Waals surface area contributed by atoms with E-state index in [1.54, 1.807) is 13.0 Å². The van der Waals surface area contributed by atoms with E-state index in [4.69, 9.17) is 27.9 Å². The average Bonchev–Trinajstić information content (AvgIpc) is 2.56. The number of nitrogens with zero attached hydrogens (tertiary/aromatic N) is 1. The molecular weight excluding hydrogens is 358 g/mol. The van der Waals surface area contributed by atoms with Gasteiger partial charge in [-0.25, -0.2) is 9.37 Å². The van der Waals surface area contributed by atoms with Crippen LogP contribution in [-0.4, -0.2) is 23.5 Å². The van der Waals surface area contributed by atoms with Crippen LogP contribution in [0.3, 0.4) is 0 Å². The molecule has 1 heterocycles. The molecule has 24 heavy (non-hydrogen) atoms. The number of aromatic nitrogens is 1. The van der Waals surface area contributed by atoms with Crippen molar-refractivity contribution in [2.45, 2.75) is 13.3 Å². The van der Waals surface area contributed by atoms with Gasteiger partial charge in [0.1, 0.15) is 5.82 Å². The van der Waals surface area contributed by atoms with E-state index in [0.29, 0.717) is 10.6 Å². The second-order valence-electron chi connectivity index (χ2n) is 4.87. The Bertz CT molecular complexity index is 784. The minimum absolute atomic E-state index is 0.119. The zero-order valence-electron chi connectivity index (χ0n) is 12.6. The molecule has 0 aliphatic heterocycles. The minimum atomic E-state index is -0.721. The van der Waals surface area contributed by atoms with Gasteiger partial charge in [-0.05, 0) is 24.1 Å². The van der Waals surface area contributed by atoms with Crippen molar-refractivity contribution >= 4 is 40.9 Å². The molecule has 0 radical (unpaired) electrons. The van der Waals surface area contributed by atoms with Gasteiger partial charge in [-0.1, -0.05) is 41.4 Å². The number of amides is 1. The highest BCUT2D eigenvalue weighted by molar-refractivity contribution is 6.37. The van der Waals surface area contributed by atoms with Crippen LogP contribution in [0, 0.1) is 12.7 Å². The fourth-order valence-electron chi connectivity index (χ4n) is 1.81. The van der Waals surface area contributed by atoms with Crippen molar-refractivity contribution in [1.82, 2.24) is 4.98 Å². The Morgan fingerprint density at radius 3 is 2.71 bits per heavy atom. The number of ether oxygens (including phenoxy) is 1. The number of hydrogen-bond acceptors (Lipinski definition) is 4. The van der Waals surface area contributed by atoms with Gasteiger partial charge < -0.3 is 10.1 Å². The van der Waals surface area contributed by atoms with E-state index >= 15 is 0 Å². The van der Waals surface area contributed by atoms with Gasteiger partial charge in [0.15, 0.2) is 12.4 Å². The first-order valence-corrected chi connectivity index (χ1v) is 7.63. The Morgan fingerprint density at radius 2 is 2.00 bits per heavy atom. The molecule has 1 amide bonds. The Kier molecular flexibility index (Phi) is 6.11. The van der Waals surface area contributed by atoms with Gasteiger partial charge in [0.25, 0.3) is 5.91 Å². The smallest absolute Gasteiger partial charge is 0.310 e. The largest absolute Gasteiger partial charge is 0.455 e. The van der Waals surface area contributed by atoms with Gasteiger partial charge in [0.05, 0.1) is 16.5 Å². The lowest BCUT2D eigenvalue weighted by Crippen LogP contribution is -2.22. The number of carbonyl (C=O) groups excluding carboxylic acids is 2. The fraction of sp³-hybridized carbons (Fsp3) is 0.188. The summed E-state index contributed by atoms with van der Waals surface area (Å²) in [5.74, 6) is -1.73. The number of carbonyl (C=O) groups is 2. The van der Waals surface area contributed by atoms with Gasteiger partial charge >= 0.3 is 5.97 Å². The molecular formula is C16H13Cl2FN2O3. The minimum Gasteiger partial charge on any atom is -0.455 e. The number of pyridine rings is 1. The second kappa shape index (κ2) is 8.08. The SMILES string of the molecule is Cc1c(Cl)cnc(NC(=O)COC(=O)Cc2ccccc2F)c1Cl. The molecule has 0 saturated heterocycles. The van der Waals surface area contributed by atoms with Crippen molar-refractivity contribution in [3.05, 3.63) is 57.5 Å². The summed E-state index contributed by atoms with van der Waals surface area (Å²) in [6.45, 7) is 1.14. The molecule has 0 unspecified atom stereocenters. The summed E-state index contributed by atoms with van der Waals surface area (Å²) >= 11 is 11.9. The predicted molar refractivity (Wildman–Crippen MR) is 88.7 cm³/mol. The number of rotatable bonds is 5. The maximum Gasteiger partial charge on any atom is 0.310 e. The second-order valence-corrected chi connectivity index (χ2v) is 5.66. The van der Waals surface area contributed by atoms with Crippen molar-refractivity contribution in [2.75, 3.05) is 11.9 Å². The van der Waals surface area contributed by atoms with Crippen LogP contribution in [-0.2, 0) is 20.7 Å². The molecule has 1 aromatic heterocycles. The van der Waals surface area contributed by atoms with Crippen LogP contribution in [0.1, 0.15) is 11.1 Å². The fourth-order valence-corrected chi connectivity index (χ4v) is 2.20. The molecule has 0 spiro atoms. The number of esters is 1. The summed E-state index contributed by atoms with van der Waals surface area (Å²) in [4.78, 5) is 27.3. The van der Waals surface area contributed by atoms with Gasteiger partial charge in [-0.15, -0.1) is 0 Å². The Hall–Kier alpha value is -2.18. The number of benzene rings is 1. The van der Waals surface area contributed by atoms with Crippen LogP contribution >= 0.6 is 23.2 Å². The van der Waals surface area contributed by atoms with E-state index in [2.05, 4.69) is 10.3 Å². The summed E-state index contributed by atoms with van der Waals surface area (Å²) in [5.41, 5.74) is 0.765. The molecule has 5 nitrogen and oxygen atoms in total. The normalized spacial score (nSPS) is 10.3. The Labute approximate surface area is 147 Å². The monoisotopic (exact) mass is 370 g/mol. The van der Waals surface area contributed by atoms with Gasteiger partial charge in [-0.3, -0.25) is 9.59 Å². The average molecular weight is 371 g/mol. The maximum absolute atomic E-state index is 13.4. The van der Waals surface area contributed by atoms with Crippen molar-refractivity contribution in [2.24, 2.45) is 0 Å². The molecule has 8 heteroatoms. The highest BCUT2D eigenvalue weighted by atomic mass is 35.5. The number of halogens is 3. The first-order chi connectivity index (χ1) is 11.4. The summed E-state index contributed by atoms with van der Waals surface area (Å²) in [7, 11) is 0. The van der Waals surface area contributed by atoms with Crippen LogP contribution < -0.4 is 5.32 Å². The highest BCUT2D eigenvalue weighted by Crippen LogP contribution is 2.28. The van der Waals surface area contributed by atoms with Crippen LogP contribution in [0.5, 0.6) is 0 Å². The zero-order chi connectivity index (χ0) is 17.7. The standard InChI is InChI=1S/C16H13Cl2FN2O3/c1-9-11(17)7-20-16(15(9)18)21-13(22)8-24-14(23)6-10-4-2-3-5-12(10)19/h2-5,7H,6,8H2,1H3,(H,20,21,22). The van der Waals surface area contributed by atoms with Crippen LogP contribution in [0.15, 0.2) is 30.5 Å². The van der Waals surface area contributed by atoms with Crippen molar-refractivity contribution in [1.29, 1.82) is 0 Å². The molecule has 2 aromatic rings. The number of nitrogens with one attached hydrogen (secondary N) is 1. The number of anilines is 1. The molecule has 0 bridgehead atoms. The highest BCUT2D eigenvalue weighted by Gasteiger charge is 2.14. The van der Waals surface area contributed by atoms with Crippen molar-refractivity contribution in [3.63, 3.8) is 0 Å². The molecule has 0 aliphatic rings. The summed E-state index contributed by atoms with van der Waals surface area (Å²) < 4.78 is 18.2. The molecule has 0 fully saturated rings. The van der Waals surface area contributed by atoms with Gasteiger partial charge in [0, 0.05) is 6.20 Å². The lowest BCUT2D eigenvalue weighted by Gasteiger charge is -2.09. The third-order valence-electron chi connectivity index (χ3n) is 3.12. The van der Waals surface area contributed by atoms with E-state index in [9.17, 15) is 14.0 Å². The van der Waals surface area contributed by atoms with E-state index in [-0.39, 0.29) is 22.8 Å². The molecule has 1 aromatic carbocycles. The quantitative estimate of drug-likeness (QED) is 0.817. The number of hydrogen-bond donors (Lipinski definition) is 1. The zero-order valence-corrected chi connectivity index (χ0v) is 14.1. The van der Waals surface area contributed by atoms with E-state index in [1.807, 2.05) is 0 Å². The lowest BCUT2D eigenvalue weighted by atomic mass is 10.1. The molecule has 126 valence electrons. The first kappa shape index (κ1) is 18.2. The molecule has 1 N–H and O–H groups in total. The topological polar surface area (TPSA) is 68.3 Å². The van der Waals surface area contributed by atoms with E-state index < -0.39 is 24.3 Å². The molecule has 0 atom stereocenters. The van der Waals surface area contributed by atoms with Gasteiger partial charge in [-0.2, -0.15) is 0 Å². The summed E-state index contributed by atoms with van der Waals surface area (Å²) in [5, 5.41) is 2.99. The molecule has 0 saturated carbocycles.